The van der Waals surface area contributed by atoms with Gasteiger partial charge in [0, 0.05) is 49.4 Å². The van der Waals surface area contributed by atoms with E-state index in [9.17, 15) is 13.2 Å². The maximum Gasteiger partial charge on any atom is 0.417 e. The summed E-state index contributed by atoms with van der Waals surface area (Å²) < 4.78 is 40.5. The van der Waals surface area contributed by atoms with Gasteiger partial charge >= 0.3 is 6.18 Å². The van der Waals surface area contributed by atoms with Gasteiger partial charge in [-0.05, 0) is 50.1 Å². The molecule has 2 aromatic heterocycles. The van der Waals surface area contributed by atoms with Gasteiger partial charge in [-0.2, -0.15) is 25.8 Å². The van der Waals surface area contributed by atoms with E-state index in [1.165, 1.54) is 6.07 Å². The van der Waals surface area contributed by atoms with E-state index in [2.05, 4.69) is 37.3 Å². The summed E-state index contributed by atoms with van der Waals surface area (Å²) in [5.41, 5.74) is 1.15. The molecule has 2 unspecified atom stereocenters. The number of benzene rings is 1. The Hall–Kier alpha value is -2.39. The normalized spacial score (nSPS) is 20.6. The Kier molecular flexibility index (Phi) is 9.58. The molecule has 2 atom stereocenters. The predicted octanol–water partition coefficient (Wildman–Crippen LogP) is 6.06. The quantitative estimate of drug-likeness (QED) is 0.304. The van der Waals surface area contributed by atoms with E-state index in [0.717, 1.165) is 74.4 Å². The number of fused-ring (bicyclic) bond motifs is 1. The number of likely N-dealkylation sites (tertiary alicyclic amines) is 1. The lowest BCUT2D eigenvalue weighted by molar-refractivity contribution is -0.137. The second kappa shape index (κ2) is 12.2. The van der Waals surface area contributed by atoms with Crippen LogP contribution < -0.4 is 0 Å². The van der Waals surface area contributed by atoms with Crippen LogP contribution in [0.3, 0.4) is 0 Å². The number of pyridine rings is 1. The van der Waals surface area contributed by atoms with Crippen LogP contribution in [0.5, 0.6) is 0 Å². The third kappa shape index (κ3) is 6.11. The minimum absolute atomic E-state index is 0.0433. The lowest BCUT2D eigenvalue weighted by Crippen LogP contribution is -2.28. The average Bonchev–Trinajstić information content (AvgIpc) is 3.28. The first kappa shape index (κ1) is 28.2. The predicted molar refractivity (Wildman–Crippen MR) is 141 cm³/mol. The molecule has 36 heavy (non-hydrogen) atoms. The molecular weight excluding hydrogens is 483 g/mol. The molecule has 5 nitrogen and oxygen atoms in total. The van der Waals surface area contributed by atoms with Crippen molar-refractivity contribution >= 4 is 12.6 Å². The van der Waals surface area contributed by atoms with Crippen molar-refractivity contribution in [3.63, 3.8) is 0 Å². The first-order valence-corrected chi connectivity index (χ1v) is 13.4. The van der Waals surface area contributed by atoms with Crippen molar-refractivity contribution in [2.45, 2.75) is 51.1 Å². The smallest absolute Gasteiger partial charge is 0.314 e. The van der Waals surface area contributed by atoms with E-state index in [0.29, 0.717) is 5.92 Å². The minimum Gasteiger partial charge on any atom is -0.314 e. The number of nitrogens with zero attached hydrogens (tertiary/aromatic N) is 5. The Balaban J connectivity index is 0.000000861. The number of hydrogen-bond donors (Lipinski definition) is 1. The van der Waals surface area contributed by atoms with Crippen LogP contribution in [0.15, 0.2) is 48.7 Å². The highest BCUT2D eigenvalue weighted by atomic mass is 32.1. The molecule has 9 heteroatoms. The number of aromatic nitrogens is 4. The molecule has 1 aromatic carbocycles. The highest BCUT2D eigenvalue weighted by Gasteiger charge is 2.61. The molecule has 0 spiro atoms. The number of hydrogen-bond acceptors (Lipinski definition) is 5. The zero-order valence-corrected chi connectivity index (χ0v) is 22.4. The molecule has 0 bridgehead atoms. The van der Waals surface area contributed by atoms with Gasteiger partial charge in [-0.1, -0.05) is 44.2 Å². The van der Waals surface area contributed by atoms with Gasteiger partial charge in [0.2, 0.25) is 0 Å². The summed E-state index contributed by atoms with van der Waals surface area (Å²) >= 11 is 3.53. The third-order valence-corrected chi connectivity index (χ3v) is 6.94. The van der Waals surface area contributed by atoms with Crippen LogP contribution in [0.2, 0.25) is 0 Å². The lowest BCUT2D eigenvalue weighted by atomic mass is 10.00. The maximum atomic E-state index is 12.8. The largest absolute Gasteiger partial charge is 0.417 e. The van der Waals surface area contributed by atoms with Crippen molar-refractivity contribution in [2.24, 2.45) is 13.0 Å². The van der Waals surface area contributed by atoms with Crippen LogP contribution in [0.4, 0.5) is 13.2 Å². The van der Waals surface area contributed by atoms with Gasteiger partial charge in [-0.25, -0.2) is 0 Å². The molecule has 1 aliphatic carbocycles. The first-order chi connectivity index (χ1) is 17.4. The van der Waals surface area contributed by atoms with Crippen molar-refractivity contribution < 1.29 is 13.2 Å². The van der Waals surface area contributed by atoms with E-state index in [1.54, 1.807) is 12.3 Å². The molecule has 0 N–H and O–H groups in total. The van der Waals surface area contributed by atoms with Gasteiger partial charge in [0.25, 0.3) is 0 Å². The number of piperidine rings is 1. The minimum atomic E-state index is -4.33. The number of alkyl halides is 3. The van der Waals surface area contributed by atoms with Crippen molar-refractivity contribution in [1.82, 2.24) is 24.6 Å². The van der Waals surface area contributed by atoms with E-state index in [4.69, 9.17) is 0 Å². The SMILES string of the molecule is CC.CS.Cn1c(CCCCN2CC3CC3(c3ccc(C(F)(F)F)cn3)C2)nnc1-c1ccccc1. The van der Waals surface area contributed by atoms with Gasteiger partial charge in [0.05, 0.1) is 5.56 Å². The first-order valence-electron chi connectivity index (χ1n) is 12.5. The van der Waals surface area contributed by atoms with Crippen molar-refractivity contribution in [3.05, 3.63) is 65.7 Å². The molecule has 196 valence electrons. The van der Waals surface area contributed by atoms with E-state index in [-0.39, 0.29) is 5.41 Å². The molecule has 5 rings (SSSR count). The monoisotopic (exact) mass is 519 g/mol. The molecule has 3 aromatic rings. The summed E-state index contributed by atoms with van der Waals surface area (Å²) in [7, 11) is 2.01. The van der Waals surface area contributed by atoms with Gasteiger partial charge in [0.15, 0.2) is 5.82 Å². The average molecular weight is 520 g/mol. The standard InChI is InChI=1S/C24H26F3N5.C2H6.CH4S/c1-31-21(29-30-22(31)17-7-3-2-4-8-17)9-5-6-12-32-15-19-13-23(19,16-32)20-11-10-18(14-28-20)24(25,26)27;2*1-2/h2-4,7-8,10-11,14,19H,5-6,9,12-13,15-16H2,1H3;1-2H3;2H,1H3. The molecular formula is C27H36F3N5S. The van der Waals surface area contributed by atoms with Crippen LogP contribution in [-0.4, -0.2) is 50.5 Å². The van der Waals surface area contributed by atoms with Crippen LogP contribution in [0, 0.1) is 5.92 Å². The van der Waals surface area contributed by atoms with Crippen LogP contribution in [0.25, 0.3) is 11.4 Å². The highest BCUT2D eigenvalue weighted by Crippen LogP contribution is 2.58. The van der Waals surface area contributed by atoms with Crippen LogP contribution in [0.1, 0.15) is 50.2 Å². The number of halogens is 3. The number of rotatable bonds is 7. The Bertz CT molecular complexity index is 1090. The molecule has 1 saturated heterocycles. The van der Waals surface area contributed by atoms with Gasteiger partial charge in [-0.15, -0.1) is 10.2 Å². The second-order valence-corrected chi connectivity index (χ2v) is 9.04. The van der Waals surface area contributed by atoms with Crippen LogP contribution in [-0.2, 0) is 25.1 Å². The number of thiol groups is 1. The summed E-state index contributed by atoms with van der Waals surface area (Å²) in [5, 5.41) is 8.71. The van der Waals surface area contributed by atoms with Crippen molar-refractivity contribution in [2.75, 3.05) is 25.9 Å². The van der Waals surface area contributed by atoms with E-state index >= 15 is 0 Å². The van der Waals surface area contributed by atoms with E-state index in [1.807, 2.05) is 51.2 Å². The summed E-state index contributed by atoms with van der Waals surface area (Å²) in [6.07, 6.45) is 2.32. The van der Waals surface area contributed by atoms with Crippen molar-refractivity contribution in [1.29, 1.82) is 0 Å². The zero-order valence-electron chi connectivity index (χ0n) is 21.5. The Labute approximate surface area is 217 Å². The zero-order chi connectivity index (χ0) is 26.3. The van der Waals surface area contributed by atoms with Gasteiger partial charge in [-0.3, -0.25) is 4.98 Å². The molecule has 0 radical (unpaired) electrons. The Morgan fingerprint density at radius 3 is 2.39 bits per heavy atom. The highest BCUT2D eigenvalue weighted by molar-refractivity contribution is 7.79. The maximum absolute atomic E-state index is 12.8. The summed E-state index contributed by atoms with van der Waals surface area (Å²) in [6.45, 7) is 6.88. The number of aryl methyl sites for hydroxylation is 1. The fraction of sp³-hybridized carbons (Fsp3) is 0.519. The second-order valence-electron chi connectivity index (χ2n) is 9.04. The Morgan fingerprint density at radius 1 is 1.03 bits per heavy atom. The summed E-state index contributed by atoms with van der Waals surface area (Å²) in [4.78, 5) is 6.61. The topological polar surface area (TPSA) is 46.8 Å². The molecule has 0 amide bonds. The fourth-order valence-electron chi connectivity index (χ4n) is 5.05. The lowest BCUT2D eigenvalue weighted by Gasteiger charge is -2.20. The molecule has 2 aliphatic rings. The summed E-state index contributed by atoms with van der Waals surface area (Å²) in [5.74, 6) is 2.38. The Morgan fingerprint density at radius 2 is 1.75 bits per heavy atom. The molecule has 3 heterocycles. The van der Waals surface area contributed by atoms with E-state index < -0.39 is 11.7 Å². The van der Waals surface area contributed by atoms with Crippen molar-refractivity contribution in [3.8, 4) is 11.4 Å². The molecule has 1 saturated carbocycles. The third-order valence-electron chi connectivity index (χ3n) is 6.94. The van der Waals surface area contributed by atoms with Gasteiger partial charge in [0.1, 0.15) is 5.82 Å². The molecule has 2 fully saturated rings. The van der Waals surface area contributed by atoms with Crippen LogP contribution >= 0.6 is 12.6 Å². The number of unbranched alkanes of at least 4 members (excludes halogenated alkanes) is 1. The summed E-state index contributed by atoms with van der Waals surface area (Å²) in [6, 6.07) is 12.8. The molecule has 1 aliphatic heterocycles. The van der Waals surface area contributed by atoms with Gasteiger partial charge < -0.3 is 9.47 Å². The fourth-order valence-corrected chi connectivity index (χ4v) is 5.05.